The molecule has 2 heterocycles. The third-order valence-corrected chi connectivity index (χ3v) is 4.11. The fourth-order valence-corrected chi connectivity index (χ4v) is 3.12. The summed E-state index contributed by atoms with van der Waals surface area (Å²) in [5.74, 6) is 0.626. The number of aryl methyl sites for hydroxylation is 1. The summed E-state index contributed by atoms with van der Waals surface area (Å²) in [6, 6.07) is 0.526. The van der Waals surface area contributed by atoms with Crippen molar-refractivity contribution in [2.45, 2.75) is 39.7 Å². The van der Waals surface area contributed by atoms with Crippen molar-refractivity contribution in [1.29, 1.82) is 0 Å². The summed E-state index contributed by atoms with van der Waals surface area (Å²) < 4.78 is 5.69. The molecule has 4 heteroatoms. The highest BCUT2D eigenvalue weighted by Crippen LogP contribution is 2.31. The Hall–Kier alpha value is -0.450. The van der Waals surface area contributed by atoms with Crippen LogP contribution in [0.15, 0.2) is 5.38 Å². The molecule has 1 aliphatic rings. The minimum Gasteiger partial charge on any atom is -0.380 e. The smallest absolute Gasteiger partial charge is 0.0898 e. The molecule has 1 aromatic heterocycles. The molecule has 0 aromatic carbocycles. The monoisotopic (exact) mass is 268 g/mol. The number of hydrogen-bond donors (Lipinski definition) is 0. The Balaban J connectivity index is 1.81. The van der Waals surface area contributed by atoms with Gasteiger partial charge in [0.25, 0.3) is 0 Å². The third-order valence-electron chi connectivity index (χ3n) is 3.32. The number of thiazole rings is 1. The van der Waals surface area contributed by atoms with E-state index < -0.39 is 0 Å². The summed E-state index contributed by atoms with van der Waals surface area (Å²) in [6.45, 7) is 10.4. The highest BCUT2D eigenvalue weighted by molar-refractivity contribution is 7.09. The fraction of sp³-hybridized carbons (Fsp3) is 0.786. The van der Waals surface area contributed by atoms with Gasteiger partial charge in [0.1, 0.15) is 0 Å². The van der Waals surface area contributed by atoms with Crippen LogP contribution in [0.5, 0.6) is 0 Å². The molecule has 0 radical (unpaired) electrons. The highest BCUT2D eigenvalue weighted by Gasteiger charge is 2.27. The SMILES string of the molecule is Cc1nc([C@H]2CCCN2CCOCC(C)C)cs1. The lowest BCUT2D eigenvalue weighted by Crippen LogP contribution is -2.28. The number of rotatable bonds is 6. The van der Waals surface area contributed by atoms with Crippen molar-refractivity contribution in [2.24, 2.45) is 5.92 Å². The minimum absolute atomic E-state index is 0.526. The molecule has 18 heavy (non-hydrogen) atoms. The van der Waals surface area contributed by atoms with Crippen LogP contribution in [0, 0.1) is 12.8 Å². The molecule has 0 bridgehead atoms. The van der Waals surface area contributed by atoms with Crippen LogP contribution in [0.4, 0.5) is 0 Å². The van der Waals surface area contributed by atoms with Gasteiger partial charge in [-0.3, -0.25) is 4.90 Å². The molecule has 1 aliphatic heterocycles. The van der Waals surface area contributed by atoms with Crippen molar-refractivity contribution in [3.8, 4) is 0 Å². The average molecular weight is 268 g/mol. The van der Waals surface area contributed by atoms with Crippen LogP contribution in [0.25, 0.3) is 0 Å². The predicted molar refractivity (Wildman–Crippen MR) is 76.1 cm³/mol. The van der Waals surface area contributed by atoms with Gasteiger partial charge in [-0.05, 0) is 32.2 Å². The second kappa shape index (κ2) is 6.64. The van der Waals surface area contributed by atoms with Gasteiger partial charge in [0.15, 0.2) is 0 Å². The van der Waals surface area contributed by atoms with Crippen molar-refractivity contribution in [2.75, 3.05) is 26.3 Å². The van der Waals surface area contributed by atoms with Gasteiger partial charge >= 0.3 is 0 Å². The van der Waals surface area contributed by atoms with Crippen LogP contribution in [0.3, 0.4) is 0 Å². The normalized spacial score (nSPS) is 21.0. The third kappa shape index (κ3) is 3.77. The Morgan fingerprint density at radius 2 is 2.39 bits per heavy atom. The maximum atomic E-state index is 5.69. The van der Waals surface area contributed by atoms with Gasteiger partial charge in [-0.15, -0.1) is 11.3 Å². The predicted octanol–water partition coefficient (Wildman–Crippen LogP) is 3.26. The highest BCUT2D eigenvalue weighted by atomic mass is 32.1. The second-order valence-corrected chi connectivity index (χ2v) is 6.52. The summed E-state index contributed by atoms with van der Waals surface area (Å²) in [5.41, 5.74) is 1.26. The maximum Gasteiger partial charge on any atom is 0.0898 e. The molecular weight excluding hydrogens is 244 g/mol. The molecule has 1 aromatic rings. The second-order valence-electron chi connectivity index (χ2n) is 5.45. The zero-order valence-electron chi connectivity index (χ0n) is 11.7. The average Bonchev–Trinajstić information content (AvgIpc) is 2.92. The Morgan fingerprint density at radius 3 is 3.06 bits per heavy atom. The van der Waals surface area contributed by atoms with Crippen LogP contribution in [-0.4, -0.2) is 36.2 Å². The quantitative estimate of drug-likeness (QED) is 0.741. The van der Waals surface area contributed by atoms with Gasteiger partial charge in [-0.1, -0.05) is 13.8 Å². The molecule has 0 unspecified atom stereocenters. The van der Waals surface area contributed by atoms with E-state index in [1.54, 1.807) is 11.3 Å². The van der Waals surface area contributed by atoms with Crippen LogP contribution >= 0.6 is 11.3 Å². The van der Waals surface area contributed by atoms with E-state index in [0.717, 1.165) is 19.8 Å². The Morgan fingerprint density at radius 1 is 1.56 bits per heavy atom. The summed E-state index contributed by atoms with van der Waals surface area (Å²) in [6.07, 6.45) is 2.53. The first-order chi connectivity index (χ1) is 8.66. The van der Waals surface area contributed by atoms with E-state index in [1.807, 2.05) is 0 Å². The van der Waals surface area contributed by atoms with Crippen LogP contribution in [0.1, 0.15) is 43.4 Å². The number of nitrogens with zero attached hydrogens (tertiary/aromatic N) is 2. The van der Waals surface area contributed by atoms with Crippen molar-refractivity contribution >= 4 is 11.3 Å². The standard InChI is InChI=1S/C14H24N2OS/c1-11(2)9-17-8-7-16-6-4-5-14(16)13-10-18-12(3)15-13/h10-11,14H,4-9H2,1-3H3/t14-/m1/s1. The van der Waals surface area contributed by atoms with E-state index in [1.165, 1.54) is 30.1 Å². The Bertz CT molecular complexity index is 364. The Kier molecular flexibility index (Phi) is 5.15. The molecule has 102 valence electrons. The number of hydrogen-bond acceptors (Lipinski definition) is 4. The van der Waals surface area contributed by atoms with Crippen LogP contribution in [0.2, 0.25) is 0 Å². The van der Waals surface area contributed by atoms with Gasteiger partial charge in [0.2, 0.25) is 0 Å². The first-order valence-corrected chi connectivity index (χ1v) is 7.78. The van der Waals surface area contributed by atoms with Crippen molar-refractivity contribution in [1.82, 2.24) is 9.88 Å². The van der Waals surface area contributed by atoms with Crippen LogP contribution in [-0.2, 0) is 4.74 Å². The van der Waals surface area contributed by atoms with Crippen molar-refractivity contribution in [3.05, 3.63) is 16.1 Å². The lowest BCUT2D eigenvalue weighted by molar-refractivity contribution is 0.0816. The fourth-order valence-electron chi connectivity index (χ4n) is 2.46. The summed E-state index contributed by atoms with van der Waals surface area (Å²) in [7, 11) is 0. The van der Waals surface area contributed by atoms with Crippen molar-refractivity contribution in [3.63, 3.8) is 0 Å². The topological polar surface area (TPSA) is 25.4 Å². The molecule has 1 fully saturated rings. The molecule has 0 N–H and O–H groups in total. The minimum atomic E-state index is 0.526. The molecule has 1 saturated heterocycles. The molecule has 0 saturated carbocycles. The lowest BCUT2D eigenvalue weighted by atomic mass is 10.2. The first kappa shape index (κ1) is 14.0. The zero-order chi connectivity index (χ0) is 13.0. The van der Waals surface area contributed by atoms with Crippen molar-refractivity contribution < 1.29 is 4.74 Å². The first-order valence-electron chi connectivity index (χ1n) is 6.90. The van der Waals surface area contributed by atoms with E-state index in [4.69, 9.17) is 4.74 Å². The summed E-state index contributed by atoms with van der Waals surface area (Å²) in [4.78, 5) is 7.16. The lowest BCUT2D eigenvalue weighted by Gasteiger charge is -2.23. The zero-order valence-corrected chi connectivity index (χ0v) is 12.5. The van der Waals surface area contributed by atoms with E-state index >= 15 is 0 Å². The van der Waals surface area contributed by atoms with Gasteiger partial charge in [-0.2, -0.15) is 0 Å². The Labute approximate surface area is 114 Å². The molecule has 0 amide bonds. The number of likely N-dealkylation sites (tertiary alicyclic amines) is 1. The maximum absolute atomic E-state index is 5.69. The van der Waals surface area contributed by atoms with Gasteiger partial charge in [0, 0.05) is 18.5 Å². The summed E-state index contributed by atoms with van der Waals surface area (Å²) in [5, 5.41) is 3.39. The molecule has 1 atom stereocenters. The molecule has 3 nitrogen and oxygen atoms in total. The molecular formula is C14H24N2OS. The molecule has 2 rings (SSSR count). The molecule has 0 spiro atoms. The van der Waals surface area contributed by atoms with Crippen LogP contribution < -0.4 is 0 Å². The van der Waals surface area contributed by atoms with E-state index in [0.29, 0.717) is 12.0 Å². The van der Waals surface area contributed by atoms with Gasteiger partial charge in [0.05, 0.1) is 23.4 Å². The number of aromatic nitrogens is 1. The largest absolute Gasteiger partial charge is 0.380 e. The van der Waals surface area contributed by atoms with E-state index in [-0.39, 0.29) is 0 Å². The van der Waals surface area contributed by atoms with E-state index in [9.17, 15) is 0 Å². The summed E-state index contributed by atoms with van der Waals surface area (Å²) >= 11 is 1.76. The number of ether oxygens (including phenoxy) is 1. The molecule has 0 aliphatic carbocycles. The van der Waals surface area contributed by atoms with Gasteiger partial charge in [-0.25, -0.2) is 4.98 Å². The van der Waals surface area contributed by atoms with Gasteiger partial charge < -0.3 is 4.74 Å². The van der Waals surface area contributed by atoms with E-state index in [2.05, 4.69) is 36.0 Å².